The smallest absolute Gasteiger partial charge is 0.192 e. The van der Waals surface area contributed by atoms with Crippen LogP contribution in [0.15, 0.2) is 6.07 Å². The highest BCUT2D eigenvalue weighted by molar-refractivity contribution is 6.31. The fourth-order valence-corrected chi connectivity index (χ4v) is 1.72. The lowest BCUT2D eigenvalue weighted by Crippen LogP contribution is -2.21. The zero-order valence-electron chi connectivity index (χ0n) is 8.11. The van der Waals surface area contributed by atoms with Gasteiger partial charge in [-0.1, -0.05) is 11.6 Å². The Kier molecular flexibility index (Phi) is 2.35. The minimum atomic E-state index is -0.885. The normalized spacial score (nSPS) is 17.7. The molecular formula is C10H10ClF2NO. The molecule has 15 heavy (non-hydrogen) atoms. The molecule has 0 unspecified atom stereocenters. The van der Waals surface area contributed by atoms with E-state index in [4.69, 9.17) is 17.3 Å². The van der Waals surface area contributed by atoms with Crippen molar-refractivity contribution in [2.75, 3.05) is 7.11 Å². The number of hydrogen-bond donors (Lipinski definition) is 1. The predicted octanol–water partition coefficient (Wildman–Crippen LogP) is 2.57. The van der Waals surface area contributed by atoms with Gasteiger partial charge in [0.05, 0.1) is 12.1 Å². The molecule has 0 radical (unpaired) electrons. The van der Waals surface area contributed by atoms with Crippen LogP contribution in [0.1, 0.15) is 18.4 Å². The van der Waals surface area contributed by atoms with E-state index in [-0.39, 0.29) is 10.6 Å². The molecule has 2 N–H and O–H groups in total. The lowest BCUT2D eigenvalue weighted by molar-refractivity contribution is 0.355. The Labute approximate surface area is 91.0 Å². The molecule has 82 valence electrons. The summed E-state index contributed by atoms with van der Waals surface area (Å²) in [4.78, 5) is 0. The summed E-state index contributed by atoms with van der Waals surface area (Å²) in [6.45, 7) is 0. The Hall–Kier alpha value is -0.870. The van der Waals surface area contributed by atoms with Crippen LogP contribution in [-0.4, -0.2) is 7.11 Å². The molecule has 1 saturated carbocycles. The van der Waals surface area contributed by atoms with Crippen molar-refractivity contribution in [3.63, 3.8) is 0 Å². The van der Waals surface area contributed by atoms with Gasteiger partial charge in [0.25, 0.3) is 0 Å². The van der Waals surface area contributed by atoms with Crippen molar-refractivity contribution in [2.45, 2.75) is 18.4 Å². The van der Waals surface area contributed by atoms with Crippen LogP contribution in [0, 0.1) is 11.6 Å². The van der Waals surface area contributed by atoms with Gasteiger partial charge in [-0.05, 0) is 18.9 Å². The van der Waals surface area contributed by atoms with Gasteiger partial charge in [0, 0.05) is 11.1 Å². The third kappa shape index (κ3) is 1.58. The van der Waals surface area contributed by atoms with Crippen LogP contribution in [0.25, 0.3) is 0 Å². The zero-order valence-corrected chi connectivity index (χ0v) is 8.87. The fourth-order valence-electron chi connectivity index (χ4n) is 1.53. The van der Waals surface area contributed by atoms with Gasteiger partial charge >= 0.3 is 0 Å². The van der Waals surface area contributed by atoms with E-state index < -0.39 is 22.9 Å². The van der Waals surface area contributed by atoms with Gasteiger partial charge < -0.3 is 10.5 Å². The van der Waals surface area contributed by atoms with Crippen LogP contribution in [0.2, 0.25) is 5.02 Å². The Morgan fingerprint density at radius 1 is 1.40 bits per heavy atom. The van der Waals surface area contributed by atoms with Crippen molar-refractivity contribution >= 4 is 11.6 Å². The van der Waals surface area contributed by atoms with Crippen LogP contribution in [-0.2, 0) is 5.54 Å². The van der Waals surface area contributed by atoms with E-state index in [0.717, 1.165) is 0 Å². The minimum Gasteiger partial charge on any atom is -0.491 e. The molecule has 1 aliphatic rings. The number of hydrogen-bond acceptors (Lipinski definition) is 2. The van der Waals surface area contributed by atoms with Gasteiger partial charge in [-0.3, -0.25) is 0 Å². The molecule has 1 fully saturated rings. The highest BCUT2D eigenvalue weighted by Gasteiger charge is 2.43. The van der Waals surface area contributed by atoms with Crippen LogP contribution in [0.3, 0.4) is 0 Å². The van der Waals surface area contributed by atoms with Crippen LogP contribution in [0.5, 0.6) is 5.75 Å². The molecule has 0 aromatic heterocycles. The van der Waals surface area contributed by atoms with E-state index >= 15 is 0 Å². The number of halogens is 3. The van der Waals surface area contributed by atoms with E-state index in [0.29, 0.717) is 12.8 Å². The van der Waals surface area contributed by atoms with Gasteiger partial charge in [0.1, 0.15) is 0 Å². The summed E-state index contributed by atoms with van der Waals surface area (Å²) in [5, 5.41) is -0.167. The molecule has 1 aromatic rings. The summed E-state index contributed by atoms with van der Waals surface area (Å²) in [6, 6.07) is 1.24. The first kappa shape index (κ1) is 10.6. The monoisotopic (exact) mass is 233 g/mol. The molecule has 0 amide bonds. The standard InChI is InChI=1S/C10H10ClF2NO/c1-15-9-7(12)5(10(14)2-3-10)4-6(11)8(9)13/h4H,2-3,14H2,1H3. The maximum absolute atomic E-state index is 13.7. The molecular weight excluding hydrogens is 224 g/mol. The summed E-state index contributed by atoms with van der Waals surface area (Å²) < 4.78 is 31.7. The average Bonchev–Trinajstić information content (AvgIpc) is 2.92. The zero-order chi connectivity index (χ0) is 11.2. The van der Waals surface area contributed by atoms with Crippen molar-refractivity contribution in [2.24, 2.45) is 5.73 Å². The maximum atomic E-state index is 13.7. The molecule has 0 bridgehead atoms. The third-order valence-corrected chi connectivity index (χ3v) is 2.92. The van der Waals surface area contributed by atoms with Gasteiger partial charge in [0.2, 0.25) is 0 Å². The van der Waals surface area contributed by atoms with Gasteiger partial charge in [0.15, 0.2) is 17.4 Å². The van der Waals surface area contributed by atoms with Crippen molar-refractivity contribution in [1.82, 2.24) is 0 Å². The molecule has 2 rings (SSSR count). The van der Waals surface area contributed by atoms with Gasteiger partial charge in [-0.25, -0.2) is 8.78 Å². The number of methoxy groups -OCH3 is 1. The Morgan fingerprint density at radius 2 is 2.00 bits per heavy atom. The molecule has 2 nitrogen and oxygen atoms in total. The number of nitrogens with two attached hydrogens (primary N) is 1. The topological polar surface area (TPSA) is 35.2 Å². The van der Waals surface area contributed by atoms with E-state index in [1.165, 1.54) is 13.2 Å². The second kappa shape index (κ2) is 3.32. The van der Waals surface area contributed by atoms with Crippen LogP contribution >= 0.6 is 11.6 Å². The van der Waals surface area contributed by atoms with Crippen LogP contribution in [0.4, 0.5) is 8.78 Å². The number of benzene rings is 1. The number of ether oxygens (including phenoxy) is 1. The second-order valence-corrected chi connectivity index (χ2v) is 4.13. The highest BCUT2D eigenvalue weighted by atomic mass is 35.5. The van der Waals surface area contributed by atoms with Gasteiger partial charge in [-0.2, -0.15) is 0 Å². The molecule has 0 saturated heterocycles. The fraction of sp³-hybridized carbons (Fsp3) is 0.400. The van der Waals surface area contributed by atoms with E-state index in [1.54, 1.807) is 0 Å². The molecule has 0 heterocycles. The second-order valence-electron chi connectivity index (χ2n) is 3.72. The molecule has 5 heteroatoms. The SMILES string of the molecule is COc1c(F)c(Cl)cc(C2(N)CC2)c1F. The predicted molar refractivity (Wildman–Crippen MR) is 53.0 cm³/mol. The Morgan fingerprint density at radius 3 is 2.47 bits per heavy atom. The molecule has 0 atom stereocenters. The minimum absolute atomic E-state index is 0.167. The first-order chi connectivity index (χ1) is 6.99. The first-order valence-electron chi connectivity index (χ1n) is 4.50. The van der Waals surface area contributed by atoms with Gasteiger partial charge in [-0.15, -0.1) is 0 Å². The highest BCUT2D eigenvalue weighted by Crippen LogP contribution is 2.46. The Balaban J connectivity index is 2.62. The largest absolute Gasteiger partial charge is 0.491 e. The van der Waals surface area contributed by atoms with Crippen molar-refractivity contribution in [1.29, 1.82) is 0 Å². The lowest BCUT2D eigenvalue weighted by atomic mass is 10.0. The van der Waals surface area contributed by atoms with E-state index in [1.807, 2.05) is 0 Å². The summed E-state index contributed by atoms with van der Waals surface area (Å²) in [6.07, 6.45) is 1.35. The van der Waals surface area contributed by atoms with E-state index in [2.05, 4.69) is 4.74 Å². The molecule has 0 spiro atoms. The van der Waals surface area contributed by atoms with E-state index in [9.17, 15) is 8.78 Å². The summed E-state index contributed by atoms with van der Waals surface area (Å²) in [5.74, 6) is -2.10. The molecule has 1 aromatic carbocycles. The quantitative estimate of drug-likeness (QED) is 0.797. The molecule has 0 aliphatic heterocycles. The van der Waals surface area contributed by atoms with Crippen molar-refractivity contribution in [3.05, 3.63) is 28.3 Å². The van der Waals surface area contributed by atoms with Crippen molar-refractivity contribution in [3.8, 4) is 5.75 Å². The summed E-state index contributed by atoms with van der Waals surface area (Å²) in [5.41, 5.74) is 5.36. The van der Waals surface area contributed by atoms with Crippen LogP contribution < -0.4 is 10.5 Å². The average molecular weight is 234 g/mol. The first-order valence-corrected chi connectivity index (χ1v) is 4.88. The summed E-state index contributed by atoms with van der Waals surface area (Å²) in [7, 11) is 1.19. The maximum Gasteiger partial charge on any atom is 0.192 e. The Bertz CT molecular complexity index is 418. The van der Waals surface area contributed by atoms with Crippen molar-refractivity contribution < 1.29 is 13.5 Å². The number of rotatable bonds is 2. The summed E-state index contributed by atoms with van der Waals surface area (Å²) >= 11 is 5.63. The third-order valence-electron chi connectivity index (χ3n) is 2.65. The lowest BCUT2D eigenvalue weighted by Gasteiger charge is -2.14. The molecule has 1 aliphatic carbocycles.